The Kier molecular flexibility index (Phi) is 4.19. The average molecular weight is 244 g/mol. The molecule has 0 radical (unpaired) electrons. The Hall–Kier alpha value is -1.57. The van der Waals surface area contributed by atoms with Gasteiger partial charge in [-0.25, -0.2) is 0 Å². The Morgan fingerprint density at radius 1 is 1.22 bits per heavy atom. The van der Waals surface area contributed by atoms with Gasteiger partial charge in [0, 0.05) is 5.57 Å². The van der Waals surface area contributed by atoms with Crippen molar-refractivity contribution in [2.75, 3.05) is 0 Å². The van der Waals surface area contributed by atoms with Crippen molar-refractivity contribution >= 4 is 5.78 Å². The summed E-state index contributed by atoms with van der Waals surface area (Å²) in [5, 5.41) is 0. The van der Waals surface area contributed by atoms with E-state index in [1.165, 1.54) is 5.56 Å². The number of carbonyl (C=O) groups is 1. The molecule has 1 aliphatic heterocycles. The molecule has 0 fully saturated rings. The largest absolute Gasteiger partial charge is 0.497 e. The number of Topliss-reactive ketones (excluding diaryl/α,β-unsaturated/α-hetero) is 1. The normalized spacial score (nSPS) is 23.4. The van der Waals surface area contributed by atoms with Crippen LogP contribution in [0.25, 0.3) is 0 Å². The van der Waals surface area contributed by atoms with E-state index in [2.05, 4.69) is 24.3 Å². The van der Waals surface area contributed by atoms with Crippen molar-refractivity contribution < 1.29 is 9.53 Å². The Morgan fingerprint density at radius 2 is 1.94 bits per heavy atom. The van der Waals surface area contributed by atoms with E-state index in [0.29, 0.717) is 0 Å². The van der Waals surface area contributed by atoms with Crippen LogP contribution in [0.5, 0.6) is 0 Å². The van der Waals surface area contributed by atoms with Gasteiger partial charge in [0.05, 0.1) is 12.2 Å². The van der Waals surface area contributed by atoms with Gasteiger partial charge in [-0.15, -0.1) is 0 Å². The van der Waals surface area contributed by atoms with Gasteiger partial charge in [-0.3, -0.25) is 4.79 Å². The van der Waals surface area contributed by atoms with Crippen LogP contribution in [0.15, 0.2) is 42.2 Å². The first-order chi connectivity index (χ1) is 8.68. The van der Waals surface area contributed by atoms with E-state index in [1.54, 1.807) is 6.26 Å². The molecule has 0 saturated heterocycles. The number of rotatable bonds is 4. The van der Waals surface area contributed by atoms with Crippen LogP contribution in [-0.4, -0.2) is 11.9 Å². The van der Waals surface area contributed by atoms with Crippen molar-refractivity contribution in [3.05, 3.63) is 47.7 Å². The monoisotopic (exact) mass is 244 g/mol. The first-order valence-electron chi connectivity index (χ1n) is 6.59. The second kappa shape index (κ2) is 5.85. The van der Waals surface area contributed by atoms with Crippen molar-refractivity contribution in [1.29, 1.82) is 0 Å². The Morgan fingerprint density at radius 3 is 2.67 bits per heavy atom. The maximum atomic E-state index is 11.8. The van der Waals surface area contributed by atoms with Crippen LogP contribution in [0.4, 0.5) is 0 Å². The number of aryl methyl sites for hydroxylation is 1. The van der Waals surface area contributed by atoms with Gasteiger partial charge in [-0.1, -0.05) is 37.3 Å². The predicted molar refractivity (Wildman–Crippen MR) is 72.2 cm³/mol. The predicted octanol–water partition coefficient (Wildman–Crippen LogP) is 3.52. The van der Waals surface area contributed by atoms with Crippen LogP contribution in [0.1, 0.15) is 32.3 Å². The fourth-order valence-electron chi connectivity index (χ4n) is 2.36. The standard InChI is InChI=1S/C16H20O2/c1-12-11-18-15(13(2)16(12)17)10-6-9-14-7-4-3-5-8-14/h3-5,7-8,11,13,15H,6,9-10H2,1-2H3. The molecule has 1 aromatic carbocycles. The zero-order valence-corrected chi connectivity index (χ0v) is 11.1. The highest BCUT2D eigenvalue weighted by Crippen LogP contribution is 2.24. The quantitative estimate of drug-likeness (QED) is 0.810. The minimum Gasteiger partial charge on any atom is -0.497 e. The van der Waals surface area contributed by atoms with E-state index >= 15 is 0 Å². The molecule has 0 saturated carbocycles. The molecule has 0 aromatic heterocycles. The van der Waals surface area contributed by atoms with Gasteiger partial charge in [0.25, 0.3) is 0 Å². The van der Waals surface area contributed by atoms with E-state index in [1.807, 2.05) is 19.9 Å². The van der Waals surface area contributed by atoms with Crippen LogP contribution >= 0.6 is 0 Å². The molecule has 0 amide bonds. The molecule has 0 spiro atoms. The molecule has 1 aliphatic rings. The highest BCUT2D eigenvalue weighted by molar-refractivity contribution is 5.97. The lowest BCUT2D eigenvalue weighted by Crippen LogP contribution is -2.31. The van der Waals surface area contributed by atoms with E-state index in [9.17, 15) is 4.79 Å². The van der Waals surface area contributed by atoms with Gasteiger partial charge < -0.3 is 4.74 Å². The van der Waals surface area contributed by atoms with Crippen molar-refractivity contribution in [2.24, 2.45) is 5.92 Å². The summed E-state index contributed by atoms with van der Waals surface area (Å²) in [5.74, 6) is 0.219. The van der Waals surface area contributed by atoms with Crippen molar-refractivity contribution in [3.63, 3.8) is 0 Å². The zero-order chi connectivity index (χ0) is 13.0. The lowest BCUT2D eigenvalue weighted by molar-refractivity contribution is -0.124. The fraction of sp³-hybridized carbons (Fsp3) is 0.438. The zero-order valence-electron chi connectivity index (χ0n) is 11.1. The number of hydrogen-bond donors (Lipinski definition) is 0. The third kappa shape index (κ3) is 3.00. The molecule has 2 nitrogen and oxygen atoms in total. The molecule has 0 N–H and O–H groups in total. The van der Waals surface area contributed by atoms with Gasteiger partial charge >= 0.3 is 0 Å². The first-order valence-corrected chi connectivity index (χ1v) is 6.59. The van der Waals surface area contributed by atoms with Crippen molar-refractivity contribution in [3.8, 4) is 0 Å². The van der Waals surface area contributed by atoms with E-state index in [4.69, 9.17) is 4.74 Å². The molecule has 18 heavy (non-hydrogen) atoms. The lowest BCUT2D eigenvalue weighted by atomic mass is 9.90. The number of hydrogen-bond acceptors (Lipinski definition) is 2. The van der Waals surface area contributed by atoms with Crippen LogP contribution in [-0.2, 0) is 16.0 Å². The number of carbonyl (C=O) groups excluding carboxylic acids is 1. The summed E-state index contributed by atoms with van der Waals surface area (Å²) in [6, 6.07) is 10.4. The van der Waals surface area contributed by atoms with Gasteiger partial charge in [0.15, 0.2) is 5.78 Å². The van der Waals surface area contributed by atoms with Gasteiger partial charge in [-0.05, 0) is 31.7 Å². The highest BCUT2D eigenvalue weighted by atomic mass is 16.5. The van der Waals surface area contributed by atoms with E-state index in [-0.39, 0.29) is 17.8 Å². The topological polar surface area (TPSA) is 26.3 Å². The van der Waals surface area contributed by atoms with E-state index < -0.39 is 0 Å². The lowest BCUT2D eigenvalue weighted by Gasteiger charge is -2.27. The second-order valence-electron chi connectivity index (χ2n) is 5.01. The Labute approximate surface area is 109 Å². The molecule has 2 unspecified atom stereocenters. The molecular weight excluding hydrogens is 224 g/mol. The minimum atomic E-state index is -0.00854. The smallest absolute Gasteiger partial charge is 0.168 e. The van der Waals surface area contributed by atoms with Crippen LogP contribution in [0, 0.1) is 5.92 Å². The summed E-state index contributed by atoms with van der Waals surface area (Å²) < 4.78 is 5.63. The summed E-state index contributed by atoms with van der Waals surface area (Å²) in [5.41, 5.74) is 2.08. The van der Waals surface area contributed by atoms with Crippen molar-refractivity contribution in [1.82, 2.24) is 0 Å². The van der Waals surface area contributed by atoms with E-state index in [0.717, 1.165) is 24.8 Å². The Balaban J connectivity index is 1.83. The van der Waals surface area contributed by atoms with Crippen LogP contribution < -0.4 is 0 Å². The molecule has 96 valence electrons. The fourth-order valence-corrected chi connectivity index (χ4v) is 2.36. The minimum absolute atomic E-state index is 0.00854. The molecule has 2 heteroatoms. The summed E-state index contributed by atoms with van der Waals surface area (Å²) in [6.45, 7) is 3.78. The maximum Gasteiger partial charge on any atom is 0.168 e. The molecule has 2 atom stereocenters. The van der Waals surface area contributed by atoms with Crippen LogP contribution in [0.2, 0.25) is 0 Å². The van der Waals surface area contributed by atoms with Gasteiger partial charge in [-0.2, -0.15) is 0 Å². The van der Waals surface area contributed by atoms with Crippen LogP contribution in [0.3, 0.4) is 0 Å². The van der Waals surface area contributed by atoms with Gasteiger partial charge in [0.2, 0.25) is 0 Å². The third-order valence-corrected chi connectivity index (χ3v) is 3.58. The second-order valence-corrected chi connectivity index (χ2v) is 5.01. The molecule has 0 aliphatic carbocycles. The molecule has 0 bridgehead atoms. The third-order valence-electron chi connectivity index (χ3n) is 3.58. The number of ketones is 1. The maximum absolute atomic E-state index is 11.8. The number of ether oxygens (including phenoxy) is 1. The summed E-state index contributed by atoms with van der Waals surface area (Å²) >= 11 is 0. The van der Waals surface area contributed by atoms with Gasteiger partial charge in [0.1, 0.15) is 6.10 Å². The summed E-state index contributed by atoms with van der Waals surface area (Å²) in [4.78, 5) is 11.8. The molecule has 1 aromatic rings. The summed E-state index contributed by atoms with van der Waals surface area (Å²) in [7, 11) is 0. The molecular formula is C16H20O2. The highest BCUT2D eigenvalue weighted by Gasteiger charge is 2.29. The first kappa shape index (κ1) is 12.9. The SMILES string of the molecule is CC1=COC(CCCc2ccccc2)C(C)C1=O. The summed E-state index contributed by atoms with van der Waals surface area (Å²) in [6.07, 6.45) is 4.70. The molecule has 2 rings (SSSR count). The number of benzene rings is 1. The Bertz CT molecular complexity index is 434. The van der Waals surface area contributed by atoms with Crippen molar-refractivity contribution in [2.45, 2.75) is 39.2 Å². The molecule has 1 heterocycles. The average Bonchev–Trinajstić information content (AvgIpc) is 2.40. The number of allylic oxidation sites excluding steroid dienone is 1.